The number of urea groups is 1. The fourth-order valence-electron chi connectivity index (χ4n) is 3.48. The van der Waals surface area contributed by atoms with Crippen molar-refractivity contribution >= 4 is 33.3 Å². The van der Waals surface area contributed by atoms with Gasteiger partial charge in [-0.2, -0.15) is 0 Å². The Labute approximate surface area is 180 Å². The van der Waals surface area contributed by atoms with Crippen LogP contribution in [0.25, 0.3) is 0 Å². The number of amides is 2. The van der Waals surface area contributed by atoms with Gasteiger partial charge in [-0.05, 0) is 30.5 Å². The highest BCUT2D eigenvalue weighted by Gasteiger charge is 2.28. The lowest BCUT2D eigenvalue weighted by atomic mass is 9.92. The maximum atomic E-state index is 12.5. The Morgan fingerprint density at radius 3 is 2.57 bits per heavy atom. The number of sulfonamides is 1. The Morgan fingerprint density at radius 2 is 1.87 bits per heavy atom. The lowest BCUT2D eigenvalue weighted by Gasteiger charge is -2.32. The third-order valence-corrected chi connectivity index (χ3v) is 6.35. The molecule has 1 saturated carbocycles. The first-order valence-corrected chi connectivity index (χ1v) is 11.5. The summed E-state index contributed by atoms with van der Waals surface area (Å²) in [6.07, 6.45) is 3.39. The van der Waals surface area contributed by atoms with Gasteiger partial charge in [-0.3, -0.25) is 0 Å². The average Bonchev–Trinajstić information content (AvgIpc) is 2.69. The number of aromatic hydroxyl groups is 1. The van der Waals surface area contributed by atoms with E-state index in [9.17, 15) is 18.3 Å². The first-order chi connectivity index (χ1) is 14.3. The van der Waals surface area contributed by atoms with Crippen LogP contribution in [0, 0.1) is 0 Å². The summed E-state index contributed by atoms with van der Waals surface area (Å²) < 4.78 is 29.3. The second kappa shape index (κ2) is 9.65. The monoisotopic (exact) mass is 453 g/mol. The smallest absolute Gasteiger partial charge is 0.319 e. The molecule has 1 aliphatic rings. The number of rotatable bonds is 6. The summed E-state index contributed by atoms with van der Waals surface area (Å²) in [6, 6.07) is 11.5. The molecule has 2 unspecified atom stereocenters. The zero-order chi connectivity index (χ0) is 21.7. The van der Waals surface area contributed by atoms with Crippen molar-refractivity contribution in [3.8, 4) is 5.75 Å². The Hall–Kier alpha value is -2.33. The molecule has 2 aromatic rings. The van der Waals surface area contributed by atoms with Crippen molar-refractivity contribution in [2.45, 2.75) is 49.3 Å². The van der Waals surface area contributed by atoms with E-state index in [0.29, 0.717) is 6.61 Å². The highest BCUT2D eigenvalue weighted by Crippen LogP contribution is 2.36. The molecule has 0 aromatic heterocycles. The summed E-state index contributed by atoms with van der Waals surface area (Å²) in [5, 5.41) is 20.4. The Morgan fingerprint density at radius 1 is 1.17 bits per heavy atom. The van der Waals surface area contributed by atoms with Gasteiger partial charge in [0.1, 0.15) is 4.90 Å². The molecule has 5 N–H and O–H groups in total. The normalized spacial score (nSPS) is 19.3. The number of hydrogen-bond acceptors (Lipinski definition) is 5. The van der Waals surface area contributed by atoms with E-state index in [1.807, 2.05) is 30.3 Å². The molecule has 2 amide bonds. The Kier molecular flexibility index (Phi) is 7.19. The van der Waals surface area contributed by atoms with Crippen molar-refractivity contribution in [3.63, 3.8) is 0 Å². The number of carbonyl (C=O) groups excluding carboxylic acids is 1. The van der Waals surface area contributed by atoms with Crippen molar-refractivity contribution < 1.29 is 23.1 Å². The average molecular weight is 454 g/mol. The minimum absolute atomic E-state index is 0.113. The van der Waals surface area contributed by atoms with E-state index in [2.05, 4.69) is 10.6 Å². The number of benzene rings is 2. The number of ether oxygens (including phenoxy) is 1. The van der Waals surface area contributed by atoms with Crippen LogP contribution < -0.4 is 15.8 Å². The summed E-state index contributed by atoms with van der Waals surface area (Å²) >= 11 is 5.82. The molecule has 3 rings (SSSR count). The van der Waals surface area contributed by atoms with Gasteiger partial charge in [0.25, 0.3) is 0 Å². The number of hydrogen-bond donors (Lipinski definition) is 4. The fraction of sp³-hybridized carbons (Fsp3) is 0.350. The summed E-state index contributed by atoms with van der Waals surface area (Å²) in [7, 11) is -4.27. The largest absolute Gasteiger partial charge is 0.504 e. The standard InChI is InChI=1S/C20H24ClN3O5S/c21-14-10-11-16(18(25)19(14)30(22,27)28)24-20(26)23-15-8-4-5-9-17(15)29-12-13-6-2-1-3-7-13/h1-3,6-7,10-11,15,17,25H,4-5,8-9,12H2,(H2,22,27,28)(H2,23,24,26). The lowest BCUT2D eigenvalue weighted by molar-refractivity contribution is -0.00224. The lowest BCUT2D eigenvalue weighted by Crippen LogP contribution is -2.47. The molecule has 1 aliphatic carbocycles. The summed E-state index contributed by atoms with van der Waals surface area (Å²) in [5.41, 5.74) is 0.936. The molecule has 1 fully saturated rings. The number of anilines is 1. The highest BCUT2D eigenvalue weighted by molar-refractivity contribution is 7.89. The SMILES string of the molecule is NS(=O)(=O)c1c(Cl)ccc(NC(=O)NC2CCCCC2OCc2ccccc2)c1O. The highest BCUT2D eigenvalue weighted by atomic mass is 35.5. The number of phenolic OH excluding ortho intramolecular Hbond substituents is 1. The van der Waals surface area contributed by atoms with Crippen LogP contribution in [0.3, 0.4) is 0 Å². The van der Waals surface area contributed by atoms with Crippen molar-refractivity contribution in [1.29, 1.82) is 0 Å². The van der Waals surface area contributed by atoms with Gasteiger partial charge in [-0.1, -0.05) is 54.8 Å². The predicted octanol–water partition coefficient (Wildman–Crippen LogP) is 3.34. The molecule has 2 atom stereocenters. The van der Waals surface area contributed by atoms with Crippen LogP contribution >= 0.6 is 11.6 Å². The van der Waals surface area contributed by atoms with Crippen LogP contribution in [0.15, 0.2) is 47.4 Å². The first-order valence-electron chi connectivity index (χ1n) is 9.53. The van der Waals surface area contributed by atoms with Crippen LogP contribution in [-0.4, -0.2) is 31.7 Å². The maximum Gasteiger partial charge on any atom is 0.319 e. The van der Waals surface area contributed by atoms with E-state index in [-0.39, 0.29) is 22.9 Å². The molecule has 10 heteroatoms. The molecule has 0 saturated heterocycles. The van der Waals surface area contributed by atoms with Crippen LogP contribution in [0.2, 0.25) is 5.02 Å². The molecule has 0 heterocycles. The number of halogens is 1. The van der Waals surface area contributed by atoms with E-state index in [1.165, 1.54) is 12.1 Å². The zero-order valence-electron chi connectivity index (χ0n) is 16.2. The van der Waals surface area contributed by atoms with Gasteiger partial charge in [0.15, 0.2) is 5.75 Å². The number of nitrogens with one attached hydrogen (secondary N) is 2. The van der Waals surface area contributed by atoms with Crippen LogP contribution in [0.5, 0.6) is 5.75 Å². The molecule has 0 aliphatic heterocycles. The van der Waals surface area contributed by atoms with Gasteiger partial charge in [0, 0.05) is 0 Å². The van der Waals surface area contributed by atoms with Gasteiger partial charge >= 0.3 is 6.03 Å². The van der Waals surface area contributed by atoms with Crippen molar-refractivity contribution in [2.75, 3.05) is 5.32 Å². The van der Waals surface area contributed by atoms with Gasteiger partial charge < -0.3 is 20.5 Å². The van der Waals surface area contributed by atoms with Gasteiger partial charge in [-0.15, -0.1) is 0 Å². The minimum Gasteiger partial charge on any atom is -0.504 e. The number of carbonyl (C=O) groups is 1. The van der Waals surface area contributed by atoms with E-state index >= 15 is 0 Å². The molecule has 2 aromatic carbocycles. The Balaban J connectivity index is 1.66. The number of nitrogens with two attached hydrogens (primary N) is 1. The van der Waals surface area contributed by atoms with E-state index in [1.54, 1.807) is 0 Å². The molecule has 0 radical (unpaired) electrons. The predicted molar refractivity (Wildman–Crippen MR) is 114 cm³/mol. The summed E-state index contributed by atoms with van der Waals surface area (Å²) in [6.45, 7) is 0.445. The second-order valence-electron chi connectivity index (χ2n) is 7.14. The Bertz CT molecular complexity index is 1000. The topological polar surface area (TPSA) is 131 Å². The summed E-state index contributed by atoms with van der Waals surface area (Å²) in [4.78, 5) is 11.9. The summed E-state index contributed by atoms with van der Waals surface area (Å²) in [5.74, 6) is -0.708. The minimum atomic E-state index is -4.27. The molecule has 8 nitrogen and oxygen atoms in total. The van der Waals surface area contributed by atoms with E-state index in [0.717, 1.165) is 31.2 Å². The quantitative estimate of drug-likeness (QED) is 0.498. The van der Waals surface area contributed by atoms with Crippen molar-refractivity contribution in [1.82, 2.24) is 5.32 Å². The van der Waals surface area contributed by atoms with Gasteiger partial charge in [-0.25, -0.2) is 18.4 Å². The van der Waals surface area contributed by atoms with Crippen molar-refractivity contribution in [2.24, 2.45) is 5.14 Å². The van der Waals surface area contributed by atoms with Gasteiger partial charge in [0.2, 0.25) is 10.0 Å². The molecular weight excluding hydrogens is 430 g/mol. The zero-order valence-corrected chi connectivity index (χ0v) is 17.7. The molecule has 0 spiro atoms. The molecule has 162 valence electrons. The molecular formula is C20H24ClN3O5S. The number of primary sulfonamides is 1. The van der Waals surface area contributed by atoms with E-state index < -0.39 is 26.7 Å². The molecule has 0 bridgehead atoms. The van der Waals surface area contributed by atoms with Crippen molar-refractivity contribution in [3.05, 3.63) is 53.1 Å². The van der Waals surface area contributed by atoms with Crippen LogP contribution in [0.1, 0.15) is 31.2 Å². The van der Waals surface area contributed by atoms with Gasteiger partial charge in [0.05, 0.1) is 29.5 Å². The van der Waals surface area contributed by atoms with Crippen LogP contribution in [0.4, 0.5) is 10.5 Å². The third-order valence-electron chi connectivity index (χ3n) is 4.94. The molecule has 30 heavy (non-hydrogen) atoms. The van der Waals surface area contributed by atoms with Crippen LogP contribution in [-0.2, 0) is 21.4 Å². The fourth-order valence-corrected chi connectivity index (χ4v) is 4.68. The third kappa shape index (κ3) is 5.63. The second-order valence-corrected chi connectivity index (χ2v) is 9.05. The maximum absolute atomic E-state index is 12.5. The van der Waals surface area contributed by atoms with E-state index in [4.69, 9.17) is 21.5 Å². The number of phenols is 1. The first kappa shape index (κ1) is 22.4.